The molecular formula is C15H27N3. The molecule has 1 aliphatic rings. The van der Waals surface area contributed by atoms with E-state index < -0.39 is 0 Å². The minimum absolute atomic E-state index is 0.435. The largest absolute Gasteiger partial charge is 0.334 e. The number of hydrogen-bond acceptors (Lipinski definition) is 2. The first-order valence-electron chi connectivity index (χ1n) is 7.55. The Kier molecular flexibility index (Phi) is 5.24. The molecule has 1 fully saturated rings. The van der Waals surface area contributed by atoms with Gasteiger partial charge in [0.25, 0.3) is 0 Å². The smallest absolute Gasteiger partial charge is 0.126 e. The molecule has 18 heavy (non-hydrogen) atoms. The summed E-state index contributed by atoms with van der Waals surface area (Å²) in [5.41, 5.74) is 0. The number of aryl methyl sites for hydroxylation is 1. The van der Waals surface area contributed by atoms with Crippen molar-refractivity contribution in [3.05, 3.63) is 18.2 Å². The fraction of sp³-hybridized carbons (Fsp3) is 0.800. The lowest BCUT2D eigenvalue weighted by Crippen LogP contribution is -2.28. The van der Waals surface area contributed by atoms with Crippen molar-refractivity contribution in [1.29, 1.82) is 0 Å². The Bertz CT molecular complexity index is 337. The Morgan fingerprint density at radius 3 is 2.67 bits per heavy atom. The zero-order valence-corrected chi connectivity index (χ0v) is 11.9. The number of imidazole rings is 1. The minimum atomic E-state index is 0.435. The lowest BCUT2D eigenvalue weighted by molar-refractivity contribution is 0.321. The fourth-order valence-electron chi connectivity index (χ4n) is 3.25. The maximum Gasteiger partial charge on any atom is 0.126 e. The summed E-state index contributed by atoms with van der Waals surface area (Å²) in [6, 6.07) is 0.435. The monoisotopic (exact) mass is 249 g/mol. The maximum absolute atomic E-state index is 4.61. The van der Waals surface area contributed by atoms with Gasteiger partial charge in [-0.3, -0.25) is 0 Å². The van der Waals surface area contributed by atoms with Gasteiger partial charge in [0.1, 0.15) is 5.82 Å². The Balaban J connectivity index is 2.12. The predicted molar refractivity (Wildman–Crippen MR) is 75.5 cm³/mol. The van der Waals surface area contributed by atoms with Gasteiger partial charge in [0.05, 0.1) is 6.04 Å². The fourth-order valence-corrected chi connectivity index (χ4v) is 3.25. The van der Waals surface area contributed by atoms with E-state index in [-0.39, 0.29) is 0 Å². The van der Waals surface area contributed by atoms with E-state index >= 15 is 0 Å². The summed E-state index contributed by atoms with van der Waals surface area (Å²) in [6.07, 6.45) is 13.5. The minimum Gasteiger partial charge on any atom is -0.334 e. The van der Waals surface area contributed by atoms with Crippen LogP contribution < -0.4 is 5.32 Å². The summed E-state index contributed by atoms with van der Waals surface area (Å²) in [5.74, 6) is 2.00. The third kappa shape index (κ3) is 3.14. The van der Waals surface area contributed by atoms with E-state index in [2.05, 4.69) is 35.0 Å². The maximum atomic E-state index is 4.61. The zero-order chi connectivity index (χ0) is 12.8. The second-order valence-corrected chi connectivity index (χ2v) is 5.50. The molecule has 0 saturated heterocycles. The molecule has 0 spiro atoms. The van der Waals surface area contributed by atoms with E-state index in [0.717, 1.165) is 12.5 Å². The van der Waals surface area contributed by atoms with Crippen molar-refractivity contribution in [3.8, 4) is 0 Å². The van der Waals surface area contributed by atoms with Crippen molar-refractivity contribution in [3.63, 3.8) is 0 Å². The van der Waals surface area contributed by atoms with Crippen LogP contribution in [-0.2, 0) is 6.54 Å². The first-order valence-corrected chi connectivity index (χ1v) is 7.55. The molecule has 1 heterocycles. The summed E-state index contributed by atoms with van der Waals surface area (Å²) in [5, 5.41) is 3.52. The van der Waals surface area contributed by atoms with Gasteiger partial charge in [0, 0.05) is 18.9 Å². The van der Waals surface area contributed by atoms with Crippen LogP contribution in [0.15, 0.2) is 12.4 Å². The average molecular weight is 249 g/mol. The molecule has 1 N–H and O–H groups in total. The molecular weight excluding hydrogens is 222 g/mol. The molecule has 1 saturated carbocycles. The molecule has 3 nitrogen and oxygen atoms in total. The topological polar surface area (TPSA) is 29.9 Å². The average Bonchev–Trinajstić information content (AvgIpc) is 2.66. The van der Waals surface area contributed by atoms with Gasteiger partial charge in [-0.05, 0) is 32.2 Å². The Morgan fingerprint density at radius 2 is 2.06 bits per heavy atom. The second kappa shape index (κ2) is 6.93. The van der Waals surface area contributed by atoms with Crippen molar-refractivity contribution >= 4 is 0 Å². The predicted octanol–water partition coefficient (Wildman–Crippen LogP) is 3.52. The molecule has 1 aliphatic carbocycles. The van der Waals surface area contributed by atoms with Crippen molar-refractivity contribution in [1.82, 2.24) is 14.9 Å². The van der Waals surface area contributed by atoms with Crippen LogP contribution in [0.4, 0.5) is 0 Å². The van der Waals surface area contributed by atoms with Crippen LogP contribution in [0, 0.1) is 5.92 Å². The highest BCUT2D eigenvalue weighted by atomic mass is 15.1. The number of rotatable bonds is 5. The van der Waals surface area contributed by atoms with E-state index in [4.69, 9.17) is 0 Å². The lowest BCUT2D eigenvalue weighted by atomic mass is 9.91. The summed E-state index contributed by atoms with van der Waals surface area (Å²) in [6.45, 7) is 3.31. The van der Waals surface area contributed by atoms with Crippen molar-refractivity contribution in [2.45, 2.75) is 64.5 Å². The van der Waals surface area contributed by atoms with E-state index in [1.54, 1.807) is 0 Å². The highest BCUT2D eigenvalue weighted by molar-refractivity contribution is 5.02. The van der Waals surface area contributed by atoms with Crippen LogP contribution in [0.3, 0.4) is 0 Å². The van der Waals surface area contributed by atoms with E-state index in [1.165, 1.54) is 50.8 Å². The molecule has 3 heteroatoms. The first-order chi connectivity index (χ1) is 8.86. The number of aromatic nitrogens is 2. The number of nitrogens with one attached hydrogen (secondary N) is 1. The highest BCUT2D eigenvalue weighted by Crippen LogP contribution is 2.32. The van der Waals surface area contributed by atoms with Gasteiger partial charge in [-0.2, -0.15) is 0 Å². The Hall–Kier alpha value is -0.830. The highest BCUT2D eigenvalue weighted by Gasteiger charge is 2.25. The van der Waals surface area contributed by atoms with Crippen molar-refractivity contribution in [2.24, 2.45) is 5.92 Å². The molecule has 0 radical (unpaired) electrons. The Morgan fingerprint density at radius 1 is 1.33 bits per heavy atom. The van der Waals surface area contributed by atoms with Crippen molar-refractivity contribution < 1.29 is 0 Å². The number of nitrogens with zero attached hydrogens (tertiary/aromatic N) is 2. The molecule has 0 aromatic carbocycles. The molecule has 1 aromatic heterocycles. The van der Waals surface area contributed by atoms with Crippen LogP contribution in [0.2, 0.25) is 0 Å². The summed E-state index contributed by atoms with van der Waals surface area (Å²) < 4.78 is 2.33. The molecule has 1 unspecified atom stereocenters. The summed E-state index contributed by atoms with van der Waals surface area (Å²) >= 11 is 0. The second-order valence-electron chi connectivity index (χ2n) is 5.50. The van der Waals surface area contributed by atoms with Gasteiger partial charge in [-0.25, -0.2) is 4.98 Å². The standard InChI is InChI=1S/C15H27N3/c1-3-11-18-12-10-17-15(18)14(16-2)13-8-6-4-5-7-9-13/h10,12-14,16H,3-9,11H2,1-2H3. The lowest BCUT2D eigenvalue weighted by Gasteiger charge is -2.26. The van der Waals surface area contributed by atoms with Gasteiger partial charge in [-0.15, -0.1) is 0 Å². The van der Waals surface area contributed by atoms with Crippen LogP contribution in [-0.4, -0.2) is 16.6 Å². The van der Waals surface area contributed by atoms with Crippen LogP contribution in [0.1, 0.15) is 63.7 Å². The first kappa shape index (κ1) is 13.6. The third-order valence-electron chi connectivity index (χ3n) is 4.17. The van der Waals surface area contributed by atoms with E-state index in [9.17, 15) is 0 Å². The SMILES string of the molecule is CCCn1ccnc1C(NC)C1CCCCCC1. The van der Waals surface area contributed by atoms with Gasteiger partial charge in [0.2, 0.25) is 0 Å². The quantitative estimate of drug-likeness (QED) is 0.809. The summed E-state index contributed by atoms with van der Waals surface area (Å²) in [7, 11) is 2.08. The normalized spacial score (nSPS) is 19.7. The molecule has 1 atom stereocenters. The summed E-state index contributed by atoms with van der Waals surface area (Å²) in [4.78, 5) is 4.61. The Labute approximate surface area is 111 Å². The van der Waals surface area contributed by atoms with Gasteiger partial charge in [0.15, 0.2) is 0 Å². The zero-order valence-electron chi connectivity index (χ0n) is 11.9. The molecule has 102 valence electrons. The molecule has 0 amide bonds. The van der Waals surface area contributed by atoms with Crippen LogP contribution >= 0.6 is 0 Å². The van der Waals surface area contributed by atoms with Gasteiger partial charge < -0.3 is 9.88 Å². The van der Waals surface area contributed by atoms with E-state index in [1.807, 2.05) is 6.20 Å². The molecule has 0 bridgehead atoms. The molecule has 0 aliphatic heterocycles. The third-order valence-corrected chi connectivity index (χ3v) is 4.17. The van der Waals surface area contributed by atoms with Crippen LogP contribution in [0.5, 0.6) is 0 Å². The molecule has 1 aromatic rings. The van der Waals surface area contributed by atoms with Crippen molar-refractivity contribution in [2.75, 3.05) is 7.05 Å². The molecule has 2 rings (SSSR count). The van der Waals surface area contributed by atoms with Gasteiger partial charge in [-0.1, -0.05) is 32.6 Å². The van der Waals surface area contributed by atoms with E-state index in [0.29, 0.717) is 6.04 Å². The van der Waals surface area contributed by atoms with Crippen LogP contribution in [0.25, 0.3) is 0 Å². The number of hydrogen-bond donors (Lipinski definition) is 1. The van der Waals surface area contributed by atoms with Gasteiger partial charge >= 0.3 is 0 Å².